The van der Waals surface area contributed by atoms with Crippen molar-refractivity contribution in [2.75, 3.05) is 11.9 Å². The third-order valence-electron chi connectivity index (χ3n) is 4.70. The second kappa shape index (κ2) is 6.54. The molecule has 0 aliphatic heterocycles. The molecule has 1 aliphatic rings. The summed E-state index contributed by atoms with van der Waals surface area (Å²) in [6.45, 7) is 4.56. The molecule has 0 radical (unpaired) electrons. The van der Waals surface area contributed by atoms with Crippen molar-refractivity contribution in [1.29, 1.82) is 0 Å². The van der Waals surface area contributed by atoms with Crippen LogP contribution in [0, 0.1) is 25.7 Å². The standard InChI is InChI=1S/C18H24N4O/c1-12-10-13(2)22(21-12)17-9-4-3-8-16(17)20-18(23)15-7-5-6-14(15)11-19/h3-4,8-10,14-15H,5-7,11,19H2,1-2H3,(H,20,23)/t14-,15-/m1/s1. The van der Waals surface area contributed by atoms with Gasteiger partial charge in [-0.05, 0) is 57.4 Å². The molecule has 5 nitrogen and oxygen atoms in total. The first-order chi connectivity index (χ1) is 11.1. The molecule has 0 bridgehead atoms. The molecule has 1 aromatic carbocycles. The average molecular weight is 312 g/mol. The van der Waals surface area contributed by atoms with Gasteiger partial charge in [-0.2, -0.15) is 5.10 Å². The van der Waals surface area contributed by atoms with Crippen molar-refractivity contribution >= 4 is 11.6 Å². The number of hydrogen-bond acceptors (Lipinski definition) is 3. The van der Waals surface area contributed by atoms with Gasteiger partial charge in [0.05, 0.1) is 17.1 Å². The normalized spacial score (nSPS) is 20.7. The van der Waals surface area contributed by atoms with Crippen LogP contribution < -0.4 is 11.1 Å². The lowest BCUT2D eigenvalue weighted by Crippen LogP contribution is -2.30. The highest BCUT2D eigenvalue weighted by atomic mass is 16.1. The topological polar surface area (TPSA) is 72.9 Å². The van der Waals surface area contributed by atoms with Crippen LogP contribution in [0.3, 0.4) is 0 Å². The zero-order valence-corrected chi connectivity index (χ0v) is 13.7. The van der Waals surface area contributed by atoms with Crippen LogP contribution in [0.1, 0.15) is 30.7 Å². The van der Waals surface area contributed by atoms with Crippen molar-refractivity contribution < 1.29 is 4.79 Å². The molecule has 1 aliphatic carbocycles. The molecular weight excluding hydrogens is 288 g/mol. The lowest BCUT2D eigenvalue weighted by atomic mass is 9.95. The van der Waals surface area contributed by atoms with Gasteiger partial charge in [-0.3, -0.25) is 4.79 Å². The average Bonchev–Trinajstić information content (AvgIpc) is 3.13. The van der Waals surface area contributed by atoms with Crippen LogP contribution in [-0.4, -0.2) is 22.2 Å². The van der Waals surface area contributed by atoms with Gasteiger partial charge in [0.1, 0.15) is 0 Å². The fraction of sp³-hybridized carbons (Fsp3) is 0.444. The van der Waals surface area contributed by atoms with Gasteiger partial charge in [-0.1, -0.05) is 18.6 Å². The van der Waals surface area contributed by atoms with E-state index < -0.39 is 0 Å². The number of para-hydroxylation sites is 2. The van der Waals surface area contributed by atoms with Crippen LogP contribution in [0.5, 0.6) is 0 Å². The number of nitrogens with zero attached hydrogens (tertiary/aromatic N) is 2. The molecule has 1 fully saturated rings. The molecule has 5 heteroatoms. The van der Waals surface area contributed by atoms with Gasteiger partial charge in [0.2, 0.25) is 5.91 Å². The lowest BCUT2D eigenvalue weighted by Gasteiger charge is -2.19. The molecule has 0 unspecified atom stereocenters. The smallest absolute Gasteiger partial charge is 0.227 e. The minimum Gasteiger partial charge on any atom is -0.330 e. The quantitative estimate of drug-likeness (QED) is 0.912. The Morgan fingerprint density at radius 3 is 2.83 bits per heavy atom. The van der Waals surface area contributed by atoms with Crippen molar-refractivity contribution in [2.45, 2.75) is 33.1 Å². The number of aromatic nitrogens is 2. The molecule has 1 amide bonds. The molecule has 0 saturated heterocycles. The van der Waals surface area contributed by atoms with Crippen LogP contribution in [0.4, 0.5) is 5.69 Å². The van der Waals surface area contributed by atoms with E-state index in [1.54, 1.807) is 0 Å². The number of nitrogens with one attached hydrogen (secondary N) is 1. The number of rotatable bonds is 4. The fourth-order valence-corrected chi connectivity index (χ4v) is 3.53. The van der Waals surface area contributed by atoms with Gasteiger partial charge in [0.25, 0.3) is 0 Å². The van der Waals surface area contributed by atoms with E-state index in [9.17, 15) is 4.79 Å². The Balaban J connectivity index is 1.86. The number of benzene rings is 1. The minimum atomic E-state index is 0.0218. The van der Waals surface area contributed by atoms with E-state index in [0.717, 1.165) is 42.0 Å². The van der Waals surface area contributed by atoms with Gasteiger partial charge in [-0.25, -0.2) is 4.68 Å². The Hall–Kier alpha value is -2.14. The number of amides is 1. The first kappa shape index (κ1) is 15.7. The largest absolute Gasteiger partial charge is 0.330 e. The Bertz CT molecular complexity index is 707. The fourth-order valence-electron chi connectivity index (χ4n) is 3.53. The van der Waals surface area contributed by atoms with E-state index >= 15 is 0 Å². The lowest BCUT2D eigenvalue weighted by molar-refractivity contribution is -0.120. The number of nitrogens with two attached hydrogens (primary N) is 1. The molecule has 2 atom stereocenters. The van der Waals surface area contributed by atoms with Gasteiger partial charge in [0.15, 0.2) is 0 Å². The molecule has 1 heterocycles. The Kier molecular flexibility index (Phi) is 4.48. The molecule has 1 saturated carbocycles. The summed E-state index contributed by atoms with van der Waals surface area (Å²) in [6, 6.07) is 9.82. The molecule has 3 N–H and O–H groups in total. The summed E-state index contributed by atoms with van der Waals surface area (Å²) < 4.78 is 1.88. The van der Waals surface area contributed by atoms with Crippen molar-refractivity contribution in [3.8, 4) is 5.69 Å². The molecule has 1 aromatic heterocycles. The highest BCUT2D eigenvalue weighted by molar-refractivity contribution is 5.94. The zero-order chi connectivity index (χ0) is 16.4. The maximum absolute atomic E-state index is 12.7. The van der Waals surface area contributed by atoms with Crippen molar-refractivity contribution in [2.24, 2.45) is 17.6 Å². The van der Waals surface area contributed by atoms with Crippen LogP contribution in [0.2, 0.25) is 0 Å². The van der Waals surface area contributed by atoms with Crippen LogP contribution in [-0.2, 0) is 4.79 Å². The van der Waals surface area contributed by atoms with Crippen LogP contribution in [0.25, 0.3) is 5.69 Å². The second-order valence-corrected chi connectivity index (χ2v) is 6.38. The third kappa shape index (κ3) is 3.15. The maximum Gasteiger partial charge on any atom is 0.227 e. The summed E-state index contributed by atoms with van der Waals surface area (Å²) in [5.41, 5.74) is 9.51. The molecule has 23 heavy (non-hydrogen) atoms. The Labute approximate surface area is 136 Å². The summed E-state index contributed by atoms with van der Waals surface area (Å²) >= 11 is 0. The number of carbonyl (C=O) groups is 1. The van der Waals surface area contributed by atoms with E-state index in [2.05, 4.69) is 10.4 Å². The van der Waals surface area contributed by atoms with Crippen molar-refractivity contribution in [3.05, 3.63) is 41.7 Å². The zero-order valence-electron chi connectivity index (χ0n) is 13.7. The van der Waals surface area contributed by atoms with E-state index in [4.69, 9.17) is 5.73 Å². The number of carbonyl (C=O) groups excluding carboxylic acids is 1. The molecule has 3 rings (SSSR count). The van der Waals surface area contributed by atoms with Gasteiger partial charge < -0.3 is 11.1 Å². The number of hydrogen-bond donors (Lipinski definition) is 2. The SMILES string of the molecule is Cc1cc(C)n(-c2ccccc2NC(=O)[C@@H]2CCC[C@@H]2CN)n1. The van der Waals surface area contributed by atoms with Gasteiger partial charge >= 0.3 is 0 Å². The summed E-state index contributed by atoms with van der Waals surface area (Å²) in [5.74, 6) is 0.399. The van der Waals surface area contributed by atoms with Crippen molar-refractivity contribution in [3.63, 3.8) is 0 Å². The van der Waals surface area contributed by atoms with Crippen molar-refractivity contribution in [1.82, 2.24) is 9.78 Å². The summed E-state index contributed by atoms with van der Waals surface area (Å²) in [4.78, 5) is 12.7. The maximum atomic E-state index is 12.7. The van der Waals surface area contributed by atoms with Gasteiger partial charge in [0, 0.05) is 11.6 Å². The molecular formula is C18H24N4O. The second-order valence-electron chi connectivity index (χ2n) is 6.38. The highest BCUT2D eigenvalue weighted by Crippen LogP contribution is 2.32. The summed E-state index contributed by atoms with van der Waals surface area (Å²) in [6.07, 6.45) is 3.06. The monoisotopic (exact) mass is 312 g/mol. The molecule has 2 aromatic rings. The van der Waals surface area contributed by atoms with Gasteiger partial charge in [-0.15, -0.1) is 0 Å². The summed E-state index contributed by atoms with van der Waals surface area (Å²) in [5, 5.41) is 7.62. The third-order valence-corrected chi connectivity index (χ3v) is 4.70. The van der Waals surface area contributed by atoms with Crippen LogP contribution >= 0.6 is 0 Å². The predicted octanol–water partition coefficient (Wildman–Crippen LogP) is 2.80. The van der Waals surface area contributed by atoms with E-state index in [0.29, 0.717) is 12.5 Å². The first-order valence-corrected chi connectivity index (χ1v) is 8.23. The Morgan fingerprint density at radius 2 is 2.13 bits per heavy atom. The van der Waals surface area contributed by atoms with E-state index in [-0.39, 0.29) is 11.8 Å². The molecule has 0 spiro atoms. The Morgan fingerprint density at radius 1 is 1.35 bits per heavy atom. The minimum absolute atomic E-state index is 0.0218. The number of anilines is 1. The summed E-state index contributed by atoms with van der Waals surface area (Å²) in [7, 11) is 0. The molecule has 122 valence electrons. The van der Waals surface area contributed by atoms with Crippen LogP contribution in [0.15, 0.2) is 30.3 Å². The van der Waals surface area contributed by atoms with E-state index in [1.165, 1.54) is 0 Å². The predicted molar refractivity (Wildman–Crippen MR) is 91.6 cm³/mol. The first-order valence-electron chi connectivity index (χ1n) is 8.23. The van der Waals surface area contributed by atoms with E-state index in [1.807, 2.05) is 48.9 Å². The number of aryl methyl sites for hydroxylation is 2. The highest BCUT2D eigenvalue weighted by Gasteiger charge is 2.32.